The van der Waals surface area contributed by atoms with Crippen LogP contribution >= 0.6 is 8.18 Å². The summed E-state index contributed by atoms with van der Waals surface area (Å²) in [6.45, 7) is -0.128. The Morgan fingerprint density at radius 2 is 2.06 bits per heavy atom. The van der Waals surface area contributed by atoms with Crippen molar-refractivity contribution in [2.24, 2.45) is 0 Å². The van der Waals surface area contributed by atoms with E-state index in [1.165, 1.54) is 6.20 Å². The van der Waals surface area contributed by atoms with Gasteiger partial charge in [0, 0.05) is 18.7 Å². The number of nitrogens with one attached hydrogen (secondary N) is 2. The molecule has 12 nitrogen and oxygen atoms in total. The van der Waals surface area contributed by atoms with Crippen molar-refractivity contribution >= 4 is 14.1 Å². The predicted octanol–water partition coefficient (Wildman–Crippen LogP) is -0.307. The lowest BCUT2D eigenvalue weighted by Crippen LogP contribution is -2.57. The lowest BCUT2D eigenvalue weighted by molar-refractivity contribution is -0.227. The number of nitrogens with zero attached hydrogens (tertiary/aromatic N) is 1. The fourth-order valence-corrected chi connectivity index (χ4v) is 4.47. The molecule has 2 aliphatic rings. The van der Waals surface area contributed by atoms with Gasteiger partial charge in [0.15, 0.2) is 6.23 Å². The van der Waals surface area contributed by atoms with Crippen LogP contribution in [-0.2, 0) is 34.7 Å². The van der Waals surface area contributed by atoms with Crippen LogP contribution in [0.1, 0.15) is 18.2 Å². The number of ether oxygens (including phenoxy) is 3. The van der Waals surface area contributed by atoms with Gasteiger partial charge in [0.1, 0.15) is 31.0 Å². The summed E-state index contributed by atoms with van der Waals surface area (Å²) in [7, 11) is -2.85. The van der Waals surface area contributed by atoms with E-state index in [1.54, 1.807) is 0 Å². The third-order valence-corrected chi connectivity index (χ3v) is 6.43. The van der Waals surface area contributed by atoms with Gasteiger partial charge in [0.25, 0.3) is 13.7 Å². The molecule has 2 saturated heterocycles. The van der Waals surface area contributed by atoms with Crippen molar-refractivity contribution in [3.63, 3.8) is 0 Å². The summed E-state index contributed by atoms with van der Waals surface area (Å²) < 4.78 is 35.0. The van der Waals surface area contributed by atoms with Crippen LogP contribution in [0.25, 0.3) is 0 Å². The number of esters is 1. The number of aliphatic hydroxyl groups is 1. The van der Waals surface area contributed by atoms with Crippen molar-refractivity contribution < 1.29 is 33.2 Å². The van der Waals surface area contributed by atoms with Crippen molar-refractivity contribution in [2.45, 2.75) is 37.1 Å². The third kappa shape index (κ3) is 5.16. The van der Waals surface area contributed by atoms with Gasteiger partial charge in [-0.3, -0.25) is 23.7 Å². The van der Waals surface area contributed by atoms with Crippen LogP contribution in [0.3, 0.4) is 0 Å². The average molecular weight is 481 g/mol. The maximum absolute atomic E-state index is 12.2. The summed E-state index contributed by atoms with van der Waals surface area (Å²) >= 11 is 0. The zero-order chi connectivity index (χ0) is 23.4. The fraction of sp³-hybridized carbons (Fsp3) is 0.450. The van der Waals surface area contributed by atoms with E-state index in [0.717, 1.165) is 16.2 Å². The number of aliphatic hydroxyl groups excluding tert-OH is 1. The Labute approximate surface area is 188 Å². The second kappa shape index (κ2) is 10.1. The summed E-state index contributed by atoms with van der Waals surface area (Å²) in [6, 6.07) is 10.3. The number of hydrogen-bond acceptors (Lipinski definition) is 9. The summed E-state index contributed by atoms with van der Waals surface area (Å²) in [5.41, 5.74) is -1.63. The molecule has 0 amide bonds. The first-order chi connectivity index (χ1) is 15.9. The minimum atomic E-state index is -2.85. The standard InChI is InChI=1S/C20H24N3O9P/c24-15-6-8-23(19(27)22-15)18-20(7-9-30-20)17(26)14(32-18)12-31-33(28)21-10-16(25)29-11-13-4-2-1-3-5-13/h1-6,8,14,17-18,26,33H,7,9-12H2,(H,21,28)(H,22,24,27)/t14-,17-,18-,20-/m1/s1. The van der Waals surface area contributed by atoms with Crippen molar-refractivity contribution in [3.05, 3.63) is 69.0 Å². The van der Waals surface area contributed by atoms with Crippen molar-refractivity contribution in [1.29, 1.82) is 0 Å². The van der Waals surface area contributed by atoms with Gasteiger partial charge in [-0.2, -0.15) is 0 Å². The quantitative estimate of drug-likeness (QED) is 0.321. The molecule has 0 radical (unpaired) electrons. The molecule has 178 valence electrons. The normalized spacial score (nSPS) is 27.2. The number of carbonyl (C=O) groups excluding carboxylic acids is 1. The molecule has 0 aliphatic carbocycles. The summed E-state index contributed by atoms with van der Waals surface area (Å²) in [4.78, 5) is 37.5. The Balaban J connectivity index is 1.28. The van der Waals surface area contributed by atoms with E-state index in [-0.39, 0.29) is 19.8 Å². The Morgan fingerprint density at radius 1 is 1.30 bits per heavy atom. The van der Waals surface area contributed by atoms with Crippen LogP contribution in [-0.4, -0.2) is 58.2 Å². The van der Waals surface area contributed by atoms with E-state index >= 15 is 0 Å². The molecule has 13 heteroatoms. The Hall–Kier alpha value is -2.60. The minimum Gasteiger partial charge on any atom is -0.460 e. The monoisotopic (exact) mass is 481 g/mol. The maximum Gasteiger partial charge on any atom is 0.330 e. The number of hydrogen-bond donors (Lipinski definition) is 3. The highest BCUT2D eigenvalue weighted by Crippen LogP contribution is 2.48. The molecule has 0 bridgehead atoms. The van der Waals surface area contributed by atoms with E-state index in [2.05, 4.69) is 10.1 Å². The van der Waals surface area contributed by atoms with Crippen molar-refractivity contribution in [1.82, 2.24) is 14.6 Å². The number of rotatable bonds is 9. The Bertz CT molecular complexity index is 1120. The smallest absolute Gasteiger partial charge is 0.330 e. The number of aromatic amines is 1. The van der Waals surface area contributed by atoms with E-state index < -0.39 is 49.4 Å². The lowest BCUT2D eigenvalue weighted by Gasteiger charge is -2.44. The molecule has 3 heterocycles. The average Bonchev–Trinajstić information content (AvgIpc) is 3.07. The van der Waals surface area contributed by atoms with Crippen molar-refractivity contribution in [2.75, 3.05) is 19.8 Å². The van der Waals surface area contributed by atoms with Crippen LogP contribution in [0.15, 0.2) is 52.2 Å². The van der Waals surface area contributed by atoms with E-state index in [4.69, 9.17) is 18.7 Å². The topological polar surface area (TPSA) is 158 Å². The minimum absolute atomic E-state index is 0.0961. The van der Waals surface area contributed by atoms with E-state index in [0.29, 0.717) is 13.0 Å². The highest BCUT2D eigenvalue weighted by Gasteiger charge is 2.62. The summed E-state index contributed by atoms with van der Waals surface area (Å²) in [5.74, 6) is -0.600. The lowest BCUT2D eigenvalue weighted by atomic mass is 9.86. The second-order valence-electron chi connectivity index (χ2n) is 7.64. The van der Waals surface area contributed by atoms with Crippen LogP contribution in [0, 0.1) is 0 Å². The highest BCUT2D eigenvalue weighted by atomic mass is 31.1. The van der Waals surface area contributed by atoms with Crippen LogP contribution in [0.5, 0.6) is 0 Å². The fourth-order valence-electron chi connectivity index (χ4n) is 3.77. The van der Waals surface area contributed by atoms with Gasteiger partial charge in [-0.1, -0.05) is 30.3 Å². The van der Waals surface area contributed by atoms with E-state index in [9.17, 15) is 24.1 Å². The molecule has 5 atom stereocenters. The molecule has 1 aromatic carbocycles. The first-order valence-corrected chi connectivity index (χ1v) is 11.6. The molecule has 1 spiro atoms. The Morgan fingerprint density at radius 3 is 2.73 bits per heavy atom. The zero-order valence-corrected chi connectivity index (χ0v) is 18.5. The number of carbonyl (C=O) groups is 1. The molecule has 3 N–H and O–H groups in total. The van der Waals surface area contributed by atoms with Gasteiger partial charge in [-0.15, -0.1) is 0 Å². The number of aromatic nitrogens is 2. The summed E-state index contributed by atoms with van der Waals surface area (Å²) in [6.07, 6.45) is -1.43. The largest absolute Gasteiger partial charge is 0.460 e. The van der Waals surface area contributed by atoms with Crippen LogP contribution < -0.4 is 16.3 Å². The molecule has 2 aromatic rings. The molecule has 0 saturated carbocycles. The molecular weight excluding hydrogens is 457 g/mol. The van der Waals surface area contributed by atoms with Gasteiger partial charge >= 0.3 is 11.7 Å². The number of benzene rings is 1. The van der Waals surface area contributed by atoms with Gasteiger partial charge in [-0.05, 0) is 5.56 Å². The predicted molar refractivity (Wildman–Crippen MR) is 114 cm³/mol. The molecule has 2 aliphatic heterocycles. The first kappa shape index (κ1) is 23.6. The van der Waals surface area contributed by atoms with Gasteiger partial charge < -0.3 is 23.8 Å². The zero-order valence-electron chi connectivity index (χ0n) is 17.5. The van der Waals surface area contributed by atoms with Crippen LogP contribution in [0.4, 0.5) is 0 Å². The number of H-pyrrole nitrogens is 1. The van der Waals surface area contributed by atoms with Gasteiger partial charge in [-0.25, -0.2) is 9.88 Å². The molecule has 1 aromatic heterocycles. The van der Waals surface area contributed by atoms with Crippen molar-refractivity contribution in [3.8, 4) is 0 Å². The first-order valence-electron chi connectivity index (χ1n) is 10.3. The Kier molecular flexibility index (Phi) is 7.23. The molecule has 33 heavy (non-hydrogen) atoms. The van der Waals surface area contributed by atoms with Crippen LogP contribution in [0.2, 0.25) is 0 Å². The maximum atomic E-state index is 12.2. The SMILES string of the molecule is O=C(CN[PH](=O)OC[C@H]1O[C@@H](n2ccc(=O)[nH]c2=O)[C@@]2(CCO2)[C@@H]1O)OCc1ccccc1. The van der Waals surface area contributed by atoms with Gasteiger partial charge in [0.05, 0.1) is 13.2 Å². The molecular formula is C20H24N3O9P. The molecule has 1 unspecified atom stereocenters. The molecule has 2 fully saturated rings. The third-order valence-electron chi connectivity index (χ3n) is 5.54. The second-order valence-corrected chi connectivity index (χ2v) is 8.86. The van der Waals surface area contributed by atoms with E-state index in [1.807, 2.05) is 30.3 Å². The summed E-state index contributed by atoms with van der Waals surface area (Å²) in [5, 5.41) is 13.2. The highest BCUT2D eigenvalue weighted by molar-refractivity contribution is 7.36. The molecule has 4 rings (SSSR count). The van der Waals surface area contributed by atoms with Gasteiger partial charge in [0.2, 0.25) is 0 Å².